The molecule has 2 aromatic rings. The number of aromatic nitrogens is 6. The molecule has 2 heterocycles. The lowest BCUT2D eigenvalue weighted by Crippen LogP contribution is -2.00. The Morgan fingerprint density at radius 3 is 3.06 bits per heavy atom. The Hall–Kier alpha value is -1.41. The number of nitrogens with two attached hydrogens (primary N) is 1. The molecule has 88 valence electrons. The number of nitrogens with zero attached hydrogens (tertiary/aromatic N) is 6. The lowest BCUT2D eigenvalue weighted by atomic mass is 10.7. The molecule has 2 N–H and O–H groups in total. The van der Waals surface area contributed by atoms with Gasteiger partial charge in [0.1, 0.15) is 5.03 Å². The molecule has 7 nitrogen and oxygen atoms in total. The van der Waals surface area contributed by atoms with Crippen molar-refractivity contribution in [2.45, 2.75) is 29.1 Å². The van der Waals surface area contributed by atoms with Crippen LogP contribution in [0.5, 0.6) is 0 Å². The van der Waals surface area contributed by atoms with Crippen LogP contribution in [0.2, 0.25) is 5.02 Å². The van der Waals surface area contributed by atoms with Gasteiger partial charge in [0.2, 0.25) is 11.1 Å². The number of hydrogen-bond donors (Lipinski definition) is 1. The molecule has 0 aliphatic heterocycles. The molecule has 0 amide bonds. The van der Waals surface area contributed by atoms with Crippen molar-refractivity contribution in [3.63, 3.8) is 0 Å². The fraction of sp³-hybridized carbons (Fsp3) is 0.375. The molecule has 0 spiro atoms. The maximum Gasteiger partial charge on any atom is 0.221 e. The molecule has 17 heavy (non-hydrogen) atoms. The molecule has 0 radical (unpaired) electrons. The van der Waals surface area contributed by atoms with Gasteiger partial charge in [-0.15, -0.1) is 5.10 Å². The topological polar surface area (TPSA) is 95.4 Å². The number of halogens is 1. The number of anilines is 1. The summed E-state index contributed by atoms with van der Waals surface area (Å²) in [6, 6.07) is 0.408. The lowest BCUT2D eigenvalue weighted by Gasteiger charge is -2.03. The Balaban J connectivity index is 1.90. The van der Waals surface area contributed by atoms with E-state index in [1.54, 1.807) is 4.68 Å². The van der Waals surface area contributed by atoms with E-state index in [1.807, 2.05) is 0 Å². The molecule has 3 rings (SSSR count). The average molecular weight is 270 g/mol. The van der Waals surface area contributed by atoms with Crippen LogP contribution in [0.1, 0.15) is 18.9 Å². The van der Waals surface area contributed by atoms with E-state index in [-0.39, 0.29) is 5.95 Å². The zero-order valence-electron chi connectivity index (χ0n) is 8.62. The van der Waals surface area contributed by atoms with Gasteiger partial charge in [0.25, 0.3) is 0 Å². The fourth-order valence-corrected chi connectivity index (χ4v) is 2.35. The number of rotatable bonds is 3. The highest BCUT2D eigenvalue weighted by Gasteiger charge is 2.28. The highest BCUT2D eigenvalue weighted by atomic mass is 35.5. The first-order valence-corrected chi connectivity index (χ1v) is 6.17. The van der Waals surface area contributed by atoms with Crippen molar-refractivity contribution in [1.82, 2.24) is 30.2 Å². The highest BCUT2D eigenvalue weighted by molar-refractivity contribution is 7.99. The minimum Gasteiger partial charge on any atom is -0.368 e. The molecule has 9 heteroatoms. The van der Waals surface area contributed by atoms with Gasteiger partial charge in [0.05, 0.1) is 17.3 Å². The summed E-state index contributed by atoms with van der Waals surface area (Å²) in [5, 5.41) is 13.2. The molecule has 2 aromatic heterocycles. The number of tetrazole rings is 1. The second-order valence-corrected chi connectivity index (χ2v) is 4.98. The summed E-state index contributed by atoms with van der Waals surface area (Å²) in [6.45, 7) is 0. The first-order valence-electron chi connectivity index (χ1n) is 4.98. The summed E-state index contributed by atoms with van der Waals surface area (Å²) in [5.41, 5.74) is 5.51. The molecule has 1 aliphatic carbocycles. The predicted octanol–water partition coefficient (Wildman–Crippen LogP) is 1.18. The Bertz CT molecular complexity index is 553. The monoisotopic (exact) mass is 269 g/mol. The van der Waals surface area contributed by atoms with Gasteiger partial charge in [0, 0.05) is 0 Å². The molecule has 0 saturated heterocycles. The Labute approximate surface area is 106 Å². The van der Waals surface area contributed by atoms with E-state index < -0.39 is 0 Å². The molecule has 0 atom stereocenters. The van der Waals surface area contributed by atoms with E-state index in [0.717, 1.165) is 12.8 Å². The van der Waals surface area contributed by atoms with Crippen LogP contribution in [0.4, 0.5) is 5.95 Å². The van der Waals surface area contributed by atoms with Crippen LogP contribution in [0.15, 0.2) is 16.4 Å². The fourth-order valence-electron chi connectivity index (χ4n) is 1.32. The van der Waals surface area contributed by atoms with Gasteiger partial charge < -0.3 is 5.73 Å². The highest BCUT2D eigenvalue weighted by Crippen LogP contribution is 2.38. The van der Waals surface area contributed by atoms with Crippen LogP contribution in [0.3, 0.4) is 0 Å². The van der Waals surface area contributed by atoms with Gasteiger partial charge in [-0.25, -0.2) is 14.6 Å². The Morgan fingerprint density at radius 2 is 2.29 bits per heavy atom. The van der Waals surface area contributed by atoms with E-state index in [1.165, 1.54) is 18.0 Å². The summed E-state index contributed by atoms with van der Waals surface area (Å²) < 4.78 is 1.79. The van der Waals surface area contributed by atoms with Gasteiger partial charge in [0.15, 0.2) is 0 Å². The van der Waals surface area contributed by atoms with Crippen molar-refractivity contribution < 1.29 is 0 Å². The van der Waals surface area contributed by atoms with Crippen molar-refractivity contribution >= 4 is 29.3 Å². The van der Waals surface area contributed by atoms with E-state index >= 15 is 0 Å². The minimum atomic E-state index is 0.183. The van der Waals surface area contributed by atoms with Crippen LogP contribution in [-0.4, -0.2) is 30.2 Å². The van der Waals surface area contributed by atoms with Crippen molar-refractivity contribution in [2.75, 3.05) is 5.73 Å². The van der Waals surface area contributed by atoms with Crippen LogP contribution >= 0.6 is 23.4 Å². The molecule has 1 fully saturated rings. The van der Waals surface area contributed by atoms with Gasteiger partial charge in [-0.1, -0.05) is 11.6 Å². The first kappa shape index (κ1) is 10.7. The molecule has 1 aliphatic rings. The van der Waals surface area contributed by atoms with Gasteiger partial charge >= 0.3 is 0 Å². The third kappa shape index (κ3) is 2.18. The van der Waals surface area contributed by atoms with Crippen molar-refractivity contribution in [3.8, 4) is 0 Å². The first-order chi connectivity index (χ1) is 8.24. The van der Waals surface area contributed by atoms with E-state index in [4.69, 9.17) is 17.3 Å². The third-order valence-electron chi connectivity index (χ3n) is 2.27. The summed E-state index contributed by atoms with van der Waals surface area (Å²) in [7, 11) is 0. The molecular weight excluding hydrogens is 262 g/mol. The van der Waals surface area contributed by atoms with Crippen LogP contribution in [0, 0.1) is 0 Å². The molecule has 0 bridgehead atoms. The molecule has 0 aromatic carbocycles. The van der Waals surface area contributed by atoms with Crippen molar-refractivity contribution in [1.29, 1.82) is 0 Å². The van der Waals surface area contributed by atoms with E-state index in [2.05, 4.69) is 25.5 Å². The molecule has 1 saturated carbocycles. The van der Waals surface area contributed by atoms with Crippen LogP contribution in [0.25, 0.3) is 0 Å². The average Bonchev–Trinajstić information content (AvgIpc) is 3.05. The standard InChI is InChI=1S/C8H8ClN7S/c9-5-3-11-7(10)12-6(5)17-8-13-14-15-16(8)4-1-2-4/h3-4H,1-2H2,(H2,10,11,12). The van der Waals surface area contributed by atoms with Crippen molar-refractivity contribution in [2.24, 2.45) is 0 Å². The number of nitrogen functional groups attached to an aromatic ring is 1. The van der Waals surface area contributed by atoms with Crippen molar-refractivity contribution in [3.05, 3.63) is 11.2 Å². The smallest absolute Gasteiger partial charge is 0.221 e. The van der Waals surface area contributed by atoms with Gasteiger partial charge in [-0.05, 0) is 35.0 Å². The minimum absolute atomic E-state index is 0.183. The molecular formula is C8H8ClN7S. The summed E-state index contributed by atoms with van der Waals surface area (Å²) in [6.07, 6.45) is 3.69. The maximum atomic E-state index is 5.98. The second-order valence-electron chi connectivity index (χ2n) is 3.62. The quantitative estimate of drug-likeness (QED) is 0.836. The third-order valence-corrected chi connectivity index (χ3v) is 3.62. The summed E-state index contributed by atoms with van der Waals surface area (Å²) >= 11 is 7.28. The molecule has 0 unspecified atom stereocenters. The lowest BCUT2D eigenvalue weighted by molar-refractivity contribution is 0.565. The van der Waals surface area contributed by atoms with E-state index in [9.17, 15) is 0 Å². The Kier molecular flexibility index (Phi) is 2.60. The van der Waals surface area contributed by atoms with Gasteiger partial charge in [-0.3, -0.25) is 0 Å². The SMILES string of the molecule is Nc1ncc(Cl)c(Sc2nnnn2C2CC2)n1. The van der Waals surface area contributed by atoms with Gasteiger partial charge in [-0.2, -0.15) is 0 Å². The zero-order chi connectivity index (χ0) is 11.8. The maximum absolute atomic E-state index is 5.98. The predicted molar refractivity (Wildman–Crippen MR) is 61.7 cm³/mol. The Morgan fingerprint density at radius 1 is 1.47 bits per heavy atom. The largest absolute Gasteiger partial charge is 0.368 e. The normalized spacial score (nSPS) is 15.1. The summed E-state index contributed by atoms with van der Waals surface area (Å²) in [4.78, 5) is 7.86. The van der Waals surface area contributed by atoms with Crippen LogP contribution < -0.4 is 5.73 Å². The van der Waals surface area contributed by atoms with E-state index in [0.29, 0.717) is 21.2 Å². The second kappa shape index (κ2) is 4.11. The van der Waals surface area contributed by atoms with Crippen LogP contribution in [-0.2, 0) is 0 Å². The summed E-state index contributed by atoms with van der Waals surface area (Å²) in [5.74, 6) is 0.183. The zero-order valence-corrected chi connectivity index (χ0v) is 10.2. The number of hydrogen-bond acceptors (Lipinski definition) is 7.